The number of ether oxygens (including phenoxy) is 1. The molecular formula is C10H16N2O12P2. The van der Waals surface area contributed by atoms with Crippen LogP contribution in [0.2, 0.25) is 0 Å². The number of rotatable bonds is 5. The Morgan fingerprint density at radius 1 is 1.23 bits per heavy atom. The van der Waals surface area contributed by atoms with Crippen LogP contribution in [0.1, 0.15) is 6.23 Å². The number of aliphatic hydroxyl groups is 3. The van der Waals surface area contributed by atoms with Crippen LogP contribution < -0.4 is 11.2 Å². The lowest BCUT2D eigenvalue weighted by Crippen LogP contribution is -2.57. The monoisotopic (exact) mass is 418 g/mol. The number of hydrogen-bond acceptors (Lipinski definition) is 8. The van der Waals surface area contributed by atoms with Crippen molar-refractivity contribution in [2.75, 3.05) is 6.61 Å². The van der Waals surface area contributed by atoms with Gasteiger partial charge in [-0.15, -0.1) is 0 Å². The number of aliphatic hydroxyl groups excluding tert-OH is 2. The van der Waals surface area contributed by atoms with Gasteiger partial charge in [0.05, 0.1) is 6.61 Å². The number of H-pyrrole nitrogens is 1. The van der Waals surface area contributed by atoms with Crippen LogP contribution in [0.5, 0.6) is 0 Å². The van der Waals surface area contributed by atoms with Crippen molar-refractivity contribution < 1.29 is 48.8 Å². The zero-order valence-corrected chi connectivity index (χ0v) is 14.5. The van der Waals surface area contributed by atoms with E-state index < -0.39 is 62.5 Å². The first kappa shape index (κ1) is 21.1. The SMILES string of the molecule is O=c1ccn([C@@H]2O[C@H](CO)[C@@](O)(C(P(=O)(O)O)P(=O)(O)O)[C@H]2O)c(=O)[nH]1. The number of aromatic amines is 1. The van der Waals surface area contributed by atoms with Crippen LogP contribution in [-0.4, -0.2) is 74.3 Å². The third-order valence-electron chi connectivity index (χ3n) is 3.91. The van der Waals surface area contributed by atoms with E-state index in [4.69, 9.17) is 4.74 Å². The van der Waals surface area contributed by atoms with Gasteiger partial charge in [-0.2, -0.15) is 0 Å². The molecule has 0 radical (unpaired) electrons. The van der Waals surface area contributed by atoms with Gasteiger partial charge in [-0.3, -0.25) is 23.5 Å². The van der Waals surface area contributed by atoms with Gasteiger partial charge in [-0.05, 0) is 0 Å². The fourth-order valence-electron chi connectivity index (χ4n) is 2.86. The summed E-state index contributed by atoms with van der Waals surface area (Å²) in [6, 6.07) is 0.826. The number of hydrogen-bond donors (Lipinski definition) is 8. The topological polar surface area (TPSA) is 240 Å². The van der Waals surface area contributed by atoms with Crippen molar-refractivity contribution in [3.63, 3.8) is 0 Å². The Labute approximate surface area is 143 Å². The van der Waals surface area contributed by atoms with Gasteiger partial charge in [0.25, 0.3) is 5.56 Å². The summed E-state index contributed by atoms with van der Waals surface area (Å²) in [4.78, 5) is 61.9. The summed E-state index contributed by atoms with van der Waals surface area (Å²) in [5.74, 6) is 0. The molecule has 0 spiro atoms. The lowest BCUT2D eigenvalue weighted by Gasteiger charge is -2.37. The van der Waals surface area contributed by atoms with Gasteiger partial charge in [0.1, 0.15) is 17.8 Å². The van der Waals surface area contributed by atoms with Crippen LogP contribution in [0.15, 0.2) is 21.9 Å². The van der Waals surface area contributed by atoms with Crippen LogP contribution in [-0.2, 0) is 13.9 Å². The number of nitrogens with one attached hydrogen (secondary N) is 1. The Bertz CT molecular complexity index is 862. The molecule has 0 bridgehead atoms. The zero-order valence-electron chi connectivity index (χ0n) is 12.7. The van der Waals surface area contributed by atoms with Gasteiger partial charge in [-0.1, -0.05) is 0 Å². The van der Waals surface area contributed by atoms with Crippen molar-refractivity contribution >= 4 is 15.2 Å². The molecule has 1 aromatic heterocycles. The van der Waals surface area contributed by atoms with Crippen LogP contribution in [0.4, 0.5) is 0 Å². The predicted molar refractivity (Wildman–Crippen MR) is 81.2 cm³/mol. The molecule has 2 heterocycles. The molecule has 16 heteroatoms. The second kappa shape index (κ2) is 6.77. The van der Waals surface area contributed by atoms with Crippen molar-refractivity contribution in [3.8, 4) is 0 Å². The molecule has 26 heavy (non-hydrogen) atoms. The molecule has 1 saturated heterocycles. The highest BCUT2D eigenvalue weighted by atomic mass is 31.2. The fraction of sp³-hybridized carbons (Fsp3) is 0.600. The third-order valence-corrected chi connectivity index (χ3v) is 7.81. The largest absolute Gasteiger partial charge is 0.394 e. The summed E-state index contributed by atoms with van der Waals surface area (Å²) in [5.41, 5.74) is -5.30. The molecule has 148 valence electrons. The molecule has 8 N–H and O–H groups in total. The Hall–Kier alpha value is -1.18. The van der Waals surface area contributed by atoms with E-state index in [9.17, 15) is 53.6 Å². The van der Waals surface area contributed by atoms with Crippen molar-refractivity contribution in [1.82, 2.24) is 9.55 Å². The molecule has 0 aliphatic carbocycles. The second-order valence-corrected chi connectivity index (χ2v) is 9.40. The van der Waals surface area contributed by atoms with Gasteiger partial charge in [0.2, 0.25) is 0 Å². The van der Waals surface area contributed by atoms with E-state index in [1.807, 2.05) is 0 Å². The van der Waals surface area contributed by atoms with E-state index >= 15 is 0 Å². The lowest BCUT2D eigenvalue weighted by atomic mass is 9.94. The minimum Gasteiger partial charge on any atom is -0.394 e. The first-order valence-corrected chi connectivity index (χ1v) is 10.2. The molecule has 14 nitrogen and oxygen atoms in total. The molecule has 4 atom stereocenters. The Balaban J connectivity index is 2.64. The van der Waals surface area contributed by atoms with Crippen LogP contribution >= 0.6 is 15.2 Å². The van der Waals surface area contributed by atoms with Crippen molar-refractivity contribution in [2.45, 2.75) is 29.4 Å². The summed E-state index contributed by atoms with van der Waals surface area (Å²) in [6.07, 6.45) is -5.64. The Morgan fingerprint density at radius 3 is 2.19 bits per heavy atom. The van der Waals surface area contributed by atoms with Gasteiger partial charge in [-0.25, -0.2) is 4.79 Å². The molecule has 1 aromatic rings. The van der Waals surface area contributed by atoms with Gasteiger partial charge < -0.3 is 39.6 Å². The lowest BCUT2D eigenvalue weighted by molar-refractivity contribution is -0.0888. The molecule has 2 rings (SSSR count). The van der Waals surface area contributed by atoms with Crippen LogP contribution in [0.3, 0.4) is 0 Å². The quantitative estimate of drug-likeness (QED) is 0.215. The summed E-state index contributed by atoms with van der Waals surface area (Å²) < 4.78 is 28.8. The average Bonchev–Trinajstić information content (AvgIpc) is 2.68. The molecule has 1 aliphatic heterocycles. The first-order chi connectivity index (χ1) is 11.7. The minimum atomic E-state index is -5.75. The van der Waals surface area contributed by atoms with Gasteiger partial charge in [0, 0.05) is 12.3 Å². The summed E-state index contributed by atoms with van der Waals surface area (Å²) >= 11 is 0. The van der Waals surface area contributed by atoms with E-state index in [2.05, 4.69) is 0 Å². The smallest absolute Gasteiger partial charge is 0.343 e. The van der Waals surface area contributed by atoms with E-state index in [-0.39, 0.29) is 0 Å². The Kier molecular flexibility index (Phi) is 5.50. The first-order valence-electron chi connectivity index (χ1n) is 6.83. The molecule has 0 unspecified atom stereocenters. The van der Waals surface area contributed by atoms with E-state index in [0.29, 0.717) is 4.57 Å². The van der Waals surface area contributed by atoms with Crippen molar-refractivity contribution in [2.24, 2.45) is 0 Å². The van der Waals surface area contributed by atoms with E-state index in [0.717, 1.165) is 12.3 Å². The van der Waals surface area contributed by atoms with Crippen LogP contribution in [0, 0.1) is 0 Å². The summed E-state index contributed by atoms with van der Waals surface area (Å²) in [6.45, 7) is -1.21. The minimum absolute atomic E-state index is 0.517. The standard InChI is InChI=1S/C10H16N2O12P2/c13-3-4-10(17,8(25(18,19)20)26(21,22)23)6(15)7(24-4)12-2-1-5(14)11-9(12)16/h1-2,4,6-8,13,15,17H,3H2,(H,11,14,16)(H2,18,19,20)(H2,21,22,23)/t4-,6+,7-,10+/m1/s1. The normalized spacial score (nSPS) is 30.1. The fourth-order valence-corrected chi connectivity index (χ4v) is 6.14. The maximum absolute atomic E-state index is 11.8. The van der Waals surface area contributed by atoms with E-state index in [1.165, 1.54) is 0 Å². The molecule has 1 fully saturated rings. The van der Waals surface area contributed by atoms with Crippen LogP contribution in [0.25, 0.3) is 0 Å². The predicted octanol–water partition coefficient (Wildman–Crippen LogP) is -3.80. The average molecular weight is 418 g/mol. The van der Waals surface area contributed by atoms with Crippen molar-refractivity contribution in [3.05, 3.63) is 33.1 Å². The number of aromatic nitrogens is 2. The summed E-state index contributed by atoms with van der Waals surface area (Å²) in [7, 11) is -11.5. The van der Waals surface area contributed by atoms with E-state index in [1.54, 1.807) is 4.98 Å². The molecule has 0 aromatic carbocycles. The molecule has 0 saturated carbocycles. The highest BCUT2D eigenvalue weighted by Gasteiger charge is 2.69. The third kappa shape index (κ3) is 3.49. The summed E-state index contributed by atoms with van der Waals surface area (Å²) in [5, 5.41) is 27.1. The van der Waals surface area contributed by atoms with Crippen molar-refractivity contribution in [1.29, 1.82) is 0 Å². The highest BCUT2D eigenvalue weighted by Crippen LogP contribution is 2.66. The maximum Gasteiger partial charge on any atom is 0.343 e. The second-order valence-electron chi connectivity index (χ2n) is 5.60. The molecule has 0 amide bonds. The molecule has 1 aliphatic rings. The highest BCUT2D eigenvalue weighted by molar-refractivity contribution is 7.71. The number of nitrogens with zero attached hydrogens (tertiary/aromatic N) is 1. The van der Waals surface area contributed by atoms with Gasteiger partial charge >= 0.3 is 20.9 Å². The maximum atomic E-state index is 11.8. The molecular weight excluding hydrogens is 402 g/mol. The van der Waals surface area contributed by atoms with Gasteiger partial charge in [0.15, 0.2) is 11.6 Å². The Morgan fingerprint density at radius 2 is 1.77 bits per heavy atom. The zero-order chi connectivity index (χ0) is 20.1.